The molecule has 6 nitrogen and oxygen atoms in total. The fourth-order valence-electron chi connectivity index (χ4n) is 3.19. The molecule has 150 valence electrons. The van der Waals surface area contributed by atoms with E-state index in [0.717, 1.165) is 74.5 Å². The Hall–Kier alpha value is -1.98. The second-order valence-electron chi connectivity index (χ2n) is 6.74. The number of aromatic nitrogens is 1. The van der Waals surface area contributed by atoms with Crippen LogP contribution in [0.15, 0.2) is 29.6 Å². The molecule has 0 bridgehead atoms. The van der Waals surface area contributed by atoms with Crippen LogP contribution >= 0.6 is 11.3 Å². The third kappa shape index (κ3) is 6.28. The number of hydrogen-bond acceptors (Lipinski definition) is 7. The van der Waals surface area contributed by atoms with Crippen molar-refractivity contribution in [3.8, 4) is 22.4 Å². The highest BCUT2D eigenvalue weighted by molar-refractivity contribution is 7.13. The Morgan fingerprint density at radius 1 is 1.25 bits per heavy atom. The largest absolute Gasteiger partial charge is 0.494 e. The number of hydrogen-bond donors (Lipinski definition) is 0. The van der Waals surface area contributed by atoms with E-state index in [2.05, 4.69) is 33.4 Å². The van der Waals surface area contributed by atoms with Crippen molar-refractivity contribution in [2.24, 2.45) is 0 Å². The summed E-state index contributed by atoms with van der Waals surface area (Å²) in [7, 11) is 0. The summed E-state index contributed by atoms with van der Waals surface area (Å²) < 4.78 is 10.9. The lowest BCUT2D eigenvalue weighted by Crippen LogP contribution is -2.41. The molecular weight excluding hydrogens is 372 g/mol. The van der Waals surface area contributed by atoms with E-state index in [1.54, 1.807) is 11.3 Å². The predicted molar refractivity (Wildman–Crippen MR) is 111 cm³/mol. The lowest BCUT2D eigenvalue weighted by molar-refractivity contribution is 0.0330. The number of morpholine rings is 1. The molecule has 2 aromatic rings. The molecule has 1 aliphatic heterocycles. The molecule has 1 aromatic carbocycles. The number of rotatable bonds is 10. The summed E-state index contributed by atoms with van der Waals surface area (Å²) in [5.74, 6) is 0.883. The van der Waals surface area contributed by atoms with Gasteiger partial charge in [-0.15, -0.1) is 11.3 Å². The van der Waals surface area contributed by atoms with Gasteiger partial charge in [-0.3, -0.25) is 9.80 Å². The summed E-state index contributed by atoms with van der Waals surface area (Å²) in [5, 5.41) is 12.1. The van der Waals surface area contributed by atoms with Crippen LogP contribution in [0, 0.1) is 11.3 Å². The van der Waals surface area contributed by atoms with Crippen LogP contribution < -0.4 is 4.74 Å². The van der Waals surface area contributed by atoms with E-state index in [4.69, 9.17) is 19.7 Å². The third-order valence-corrected chi connectivity index (χ3v) is 5.67. The highest BCUT2D eigenvalue weighted by atomic mass is 32.1. The van der Waals surface area contributed by atoms with Crippen LogP contribution in [0.4, 0.5) is 0 Å². The molecule has 0 atom stereocenters. The summed E-state index contributed by atoms with van der Waals surface area (Å²) in [5.41, 5.74) is 2.17. The van der Waals surface area contributed by atoms with Crippen LogP contribution in [-0.4, -0.2) is 67.3 Å². The molecule has 1 saturated heterocycles. The smallest absolute Gasteiger partial charge is 0.123 e. The Morgan fingerprint density at radius 3 is 2.75 bits per heavy atom. The van der Waals surface area contributed by atoms with E-state index in [9.17, 15) is 0 Å². The van der Waals surface area contributed by atoms with Gasteiger partial charge in [0.25, 0.3) is 0 Å². The molecule has 3 rings (SSSR count). The van der Waals surface area contributed by atoms with Gasteiger partial charge in [-0.2, -0.15) is 5.26 Å². The molecule has 0 N–H and O–H groups in total. The van der Waals surface area contributed by atoms with Crippen LogP contribution in [0.3, 0.4) is 0 Å². The second kappa shape index (κ2) is 11.1. The van der Waals surface area contributed by atoms with Gasteiger partial charge in [0.05, 0.1) is 31.6 Å². The molecule has 7 heteroatoms. The average Bonchev–Trinajstić information content (AvgIpc) is 3.20. The summed E-state index contributed by atoms with van der Waals surface area (Å²) in [6.07, 6.45) is 0.541. The van der Waals surface area contributed by atoms with E-state index in [-0.39, 0.29) is 0 Å². The molecule has 0 unspecified atom stereocenters. The second-order valence-corrected chi connectivity index (χ2v) is 7.60. The highest BCUT2D eigenvalue weighted by Crippen LogP contribution is 2.26. The molecule has 0 amide bonds. The summed E-state index contributed by atoms with van der Waals surface area (Å²) >= 11 is 1.66. The summed E-state index contributed by atoms with van der Waals surface area (Å²) in [6.45, 7) is 9.77. The Kier molecular flexibility index (Phi) is 8.24. The van der Waals surface area contributed by atoms with Crippen LogP contribution in [0.25, 0.3) is 10.6 Å². The monoisotopic (exact) mass is 400 g/mol. The van der Waals surface area contributed by atoms with Gasteiger partial charge in [0.15, 0.2) is 0 Å². The quantitative estimate of drug-likeness (QED) is 0.610. The number of thiazole rings is 1. The summed E-state index contributed by atoms with van der Waals surface area (Å²) in [6, 6.07) is 10.3. The van der Waals surface area contributed by atoms with Gasteiger partial charge in [0.2, 0.25) is 0 Å². The van der Waals surface area contributed by atoms with Crippen molar-refractivity contribution in [3.05, 3.63) is 35.3 Å². The van der Waals surface area contributed by atoms with Crippen molar-refractivity contribution in [3.63, 3.8) is 0 Å². The van der Waals surface area contributed by atoms with Gasteiger partial charge in [0, 0.05) is 56.6 Å². The van der Waals surface area contributed by atoms with Gasteiger partial charge in [-0.25, -0.2) is 4.98 Å². The Morgan fingerprint density at radius 2 is 2.04 bits per heavy atom. The van der Waals surface area contributed by atoms with Gasteiger partial charge in [-0.05, 0) is 31.2 Å². The number of benzene rings is 1. The standard InChI is InChI=1S/C21H28N4O2S/c1-2-27-20-6-4-18(5-7-20)21-23-19(17-28-21)16-25(9-3-8-22)11-10-24-12-14-26-15-13-24/h4-7,17H,2-3,9-16H2,1H3. The molecule has 0 saturated carbocycles. The van der Waals surface area contributed by atoms with E-state index in [0.29, 0.717) is 13.0 Å². The zero-order valence-electron chi connectivity index (χ0n) is 16.5. The van der Waals surface area contributed by atoms with Crippen molar-refractivity contribution in [2.45, 2.75) is 19.9 Å². The Balaban J connectivity index is 1.58. The van der Waals surface area contributed by atoms with Crippen LogP contribution in [0.5, 0.6) is 5.75 Å². The molecule has 2 heterocycles. The minimum atomic E-state index is 0.541. The zero-order chi connectivity index (χ0) is 19.6. The van der Waals surface area contributed by atoms with E-state index < -0.39 is 0 Å². The molecule has 0 spiro atoms. The molecule has 0 radical (unpaired) electrons. The third-order valence-electron chi connectivity index (χ3n) is 4.73. The molecule has 1 aliphatic rings. The first-order valence-corrected chi connectivity index (χ1v) is 10.7. The summed E-state index contributed by atoms with van der Waals surface area (Å²) in [4.78, 5) is 9.57. The maximum Gasteiger partial charge on any atom is 0.123 e. The van der Waals surface area contributed by atoms with Crippen LogP contribution in [0.1, 0.15) is 19.0 Å². The van der Waals surface area contributed by atoms with Crippen molar-refractivity contribution >= 4 is 11.3 Å². The maximum atomic E-state index is 8.98. The number of ether oxygens (including phenoxy) is 2. The first kappa shape index (κ1) is 20.7. The molecule has 1 aromatic heterocycles. The fraction of sp³-hybridized carbons (Fsp3) is 0.524. The van der Waals surface area contributed by atoms with E-state index >= 15 is 0 Å². The molecule has 1 fully saturated rings. The molecule has 0 aliphatic carbocycles. The normalized spacial score (nSPS) is 14.9. The average molecular weight is 401 g/mol. The van der Waals surface area contributed by atoms with Crippen molar-refractivity contribution in [1.82, 2.24) is 14.8 Å². The van der Waals surface area contributed by atoms with Gasteiger partial charge < -0.3 is 9.47 Å². The number of nitrogens with zero attached hydrogens (tertiary/aromatic N) is 4. The van der Waals surface area contributed by atoms with Crippen LogP contribution in [-0.2, 0) is 11.3 Å². The lowest BCUT2D eigenvalue weighted by Gasteiger charge is -2.29. The van der Waals surface area contributed by atoms with Gasteiger partial charge in [0.1, 0.15) is 10.8 Å². The van der Waals surface area contributed by atoms with Crippen molar-refractivity contribution in [1.29, 1.82) is 5.26 Å². The maximum absolute atomic E-state index is 8.98. The van der Waals surface area contributed by atoms with Gasteiger partial charge in [-0.1, -0.05) is 0 Å². The number of nitriles is 1. The Labute approximate surface area is 171 Å². The highest BCUT2D eigenvalue weighted by Gasteiger charge is 2.14. The van der Waals surface area contributed by atoms with Gasteiger partial charge >= 0.3 is 0 Å². The Bertz CT molecular complexity index is 751. The van der Waals surface area contributed by atoms with Crippen molar-refractivity contribution < 1.29 is 9.47 Å². The van der Waals surface area contributed by atoms with Crippen LogP contribution in [0.2, 0.25) is 0 Å². The molecule has 28 heavy (non-hydrogen) atoms. The lowest BCUT2D eigenvalue weighted by atomic mass is 10.2. The van der Waals surface area contributed by atoms with E-state index in [1.165, 1.54) is 0 Å². The van der Waals surface area contributed by atoms with E-state index in [1.807, 2.05) is 19.1 Å². The molecular formula is C21H28N4O2S. The minimum absolute atomic E-state index is 0.541. The SMILES string of the molecule is CCOc1ccc(-c2nc(CN(CCC#N)CCN3CCOCC3)cs2)cc1. The predicted octanol–water partition coefficient (Wildman–Crippen LogP) is 3.26. The zero-order valence-corrected chi connectivity index (χ0v) is 17.3. The first-order valence-electron chi connectivity index (χ1n) is 9.85. The first-order chi connectivity index (χ1) is 13.8. The topological polar surface area (TPSA) is 61.6 Å². The fourth-order valence-corrected chi connectivity index (χ4v) is 4.00. The minimum Gasteiger partial charge on any atom is -0.494 e. The van der Waals surface area contributed by atoms with Crippen molar-refractivity contribution in [2.75, 3.05) is 52.5 Å².